The molecule has 0 amide bonds. The molecule has 0 fully saturated rings. The Bertz CT molecular complexity index is 1300. The van der Waals surface area contributed by atoms with Gasteiger partial charge in [-0.15, -0.1) is 0 Å². The van der Waals surface area contributed by atoms with Crippen molar-refractivity contribution in [3.05, 3.63) is 69.0 Å². The Balaban J connectivity index is 1.99. The number of aromatic amines is 1. The third-order valence-electron chi connectivity index (χ3n) is 6.40. The van der Waals surface area contributed by atoms with Gasteiger partial charge in [-0.05, 0) is 55.5 Å². The van der Waals surface area contributed by atoms with E-state index < -0.39 is 53.1 Å². The number of hydrogen-bond donors (Lipinski definition) is 4. The summed E-state index contributed by atoms with van der Waals surface area (Å²) in [7, 11) is 0. The van der Waals surface area contributed by atoms with Gasteiger partial charge in [-0.25, -0.2) is 8.78 Å². The summed E-state index contributed by atoms with van der Waals surface area (Å²) in [6, 6.07) is 3.26. The number of halogens is 5. The second-order valence-corrected chi connectivity index (χ2v) is 8.38. The van der Waals surface area contributed by atoms with Crippen LogP contribution in [0.15, 0.2) is 35.1 Å². The van der Waals surface area contributed by atoms with Crippen LogP contribution in [0.3, 0.4) is 0 Å². The van der Waals surface area contributed by atoms with E-state index in [0.717, 1.165) is 24.3 Å². The zero-order chi connectivity index (χ0) is 24.3. The number of nitrogens with one attached hydrogen (secondary N) is 2. The summed E-state index contributed by atoms with van der Waals surface area (Å²) < 4.78 is 71.5. The number of benzene rings is 2. The molecule has 3 atom stereocenters. The quantitative estimate of drug-likeness (QED) is 0.400. The van der Waals surface area contributed by atoms with Gasteiger partial charge in [-0.2, -0.15) is 13.2 Å². The van der Waals surface area contributed by atoms with Crippen LogP contribution in [0.4, 0.5) is 27.6 Å². The van der Waals surface area contributed by atoms with E-state index in [2.05, 4.69) is 10.3 Å². The normalized spacial score (nSPS) is 22.9. The summed E-state index contributed by atoms with van der Waals surface area (Å²) in [6.45, 7) is 2.91. The standard InChI is InChI=1S/C23H21F5N2O3/c1-3-11-9-22(33,23(26,27)28)21(14-8-15(25)10(2)20(32)19(11)14)30-17-7-12(24)6-16-13(17)4-5-18(31)29-16/h4-8,11,21,30,32-33H,3,9H2,1-2H3,(H,29,31)/t11?,21?,22-/m1/s1. The van der Waals surface area contributed by atoms with Gasteiger partial charge in [0, 0.05) is 28.3 Å². The van der Waals surface area contributed by atoms with Crippen molar-refractivity contribution in [2.24, 2.45) is 0 Å². The van der Waals surface area contributed by atoms with Gasteiger partial charge in [0.25, 0.3) is 0 Å². The maximum Gasteiger partial charge on any atom is 0.419 e. The monoisotopic (exact) mass is 468 g/mol. The summed E-state index contributed by atoms with van der Waals surface area (Å²) in [5.74, 6) is -3.15. The number of phenols is 1. The number of hydrogen-bond acceptors (Lipinski definition) is 4. The SMILES string of the molecule is CCC1C[C@](O)(C(F)(F)F)C(Nc2cc(F)cc3[nH]c(=O)ccc23)c2cc(F)c(C)c(O)c21. The van der Waals surface area contributed by atoms with Gasteiger partial charge in [0.15, 0.2) is 5.60 Å². The molecule has 33 heavy (non-hydrogen) atoms. The lowest BCUT2D eigenvalue weighted by atomic mass is 9.68. The van der Waals surface area contributed by atoms with Crippen molar-refractivity contribution in [1.82, 2.24) is 4.98 Å². The molecule has 0 spiro atoms. The molecule has 0 radical (unpaired) electrons. The molecule has 2 aromatic carbocycles. The van der Waals surface area contributed by atoms with Crippen LogP contribution in [-0.2, 0) is 0 Å². The van der Waals surface area contributed by atoms with Crippen LogP contribution >= 0.6 is 0 Å². The molecule has 10 heteroatoms. The first kappa shape index (κ1) is 23.0. The Labute approximate surface area is 184 Å². The number of rotatable bonds is 3. The summed E-state index contributed by atoms with van der Waals surface area (Å²) >= 11 is 0. The minimum Gasteiger partial charge on any atom is -0.507 e. The van der Waals surface area contributed by atoms with Crippen LogP contribution in [0.25, 0.3) is 10.9 Å². The van der Waals surface area contributed by atoms with Crippen molar-refractivity contribution >= 4 is 16.6 Å². The van der Waals surface area contributed by atoms with Gasteiger partial charge in [-0.3, -0.25) is 4.79 Å². The van der Waals surface area contributed by atoms with Crippen LogP contribution in [-0.4, -0.2) is 27.0 Å². The molecule has 1 aromatic heterocycles. The molecule has 5 nitrogen and oxygen atoms in total. The summed E-state index contributed by atoms with van der Waals surface area (Å²) in [5.41, 5.74) is -4.28. The number of aliphatic hydroxyl groups is 1. The number of H-pyrrole nitrogens is 1. The lowest BCUT2D eigenvalue weighted by Crippen LogP contribution is -2.55. The third kappa shape index (κ3) is 3.62. The highest BCUT2D eigenvalue weighted by Crippen LogP contribution is 2.55. The molecule has 176 valence electrons. The molecule has 0 saturated carbocycles. The Hall–Kier alpha value is -3.14. The van der Waals surface area contributed by atoms with Crippen LogP contribution in [0, 0.1) is 18.6 Å². The van der Waals surface area contributed by atoms with E-state index in [1.54, 1.807) is 6.92 Å². The number of alkyl halides is 3. The van der Waals surface area contributed by atoms with Crippen molar-refractivity contribution < 1.29 is 32.2 Å². The molecular formula is C23H21F5N2O3. The smallest absolute Gasteiger partial charge is 0.419 e. The fraction of sp³-hybridized carbons (Fsp3) is 0.348. The molecule has 3 aromatic rings. The van der Waals surface area contributed by atoms with Crippen LogP contribution in [0.5, 0.6) is 5.75 Å². The Morgan fingerprint density at radius 1 is 1.21 bits per heavy atom. The van der Waals surface area contributed by atoms with E-state index in [-0.39, 0.29) is 39.7 Å². The van der Waals surface area contributed by atoms with Crippen molar-refractivity contribution in [1.29, 1.82) is 0 Å². The number of fused-ring (bicyclic) bond motifs is 2. The van der Waals surface area contributed by atoms with Gasteiger partial charge < -0.3 is 20.5 Å². The summed E-state index contributed by atoms with van der Waals surface area (Å²) in [4.78, 5) is 14.0. The van der Waals surface area contributed by atoms with Crippen molar-refractivity contribution in [3.8, 4) is 5.75 Å². The first-order valence-corrected chi connectivity index (χ1v) is 10.3. The molecule has 4 rings (SSSR count). The minimum atomic E-state index is -5.13. The molecule has 4 N–H and O–H groups in total. The summed E-state index contributed by atoms with van der Waals surface area (Å²) in [6.07, 6.45) is -5.77. The van der Waals surface area contributed by atoms with Crippen molar-refractivity contribution in [3.63, 3.8) is 0 Å². The van der Waals surface area contributed by atoms with E-state index in [9.17, 15) is 37.0 Å². The Morgan fingerprint density at radius 3 is 2.55 bits per heavy atom. The minimum absolute atomic E-state index is 0.0287. The first-order valence-electron chi connectivity index (χ1n) is 10.3. The lowest BCUT2D eigenvalue weighted by Gasteiger charge is -2.46. The van der Waals surface area contributed by atoms with Gasteiger partial charge in [0.2, 0.25) is 5.56 Å². The van der Waals surface area contributed by atoms with Gasteiger partial charge in [0.1, 0.15) is 17.4 Å². The molecule has 0 aliphatic heterocycles. The molecule has 1 heterocycles. The number of aromatic hydroxyl groups is 1. The maximum atomic E-state index is 14.6. The van der Waals surface area contributed by atoms with Gasteiger partial charge in [-0.1, -0.05) is 6.92 Å². The lowest BCUT2D eigenvalue weighted by molar-refractivity contribution is -0.272. The molecule has 0 bridgehead atoms. The van der Waals surface area contributed by atoms with Crippen LogP contribution in [0.1, 0.15) is 48.4 Å². The van der Waals surface area contributed by atoms with E-state index in [1.807, 2.05) is 0 Å². The number of aromatic nitrogens is 1. The zero-order valence-corrected chi connectivity index (χ0v) is 17.6. The predicted molar refractivity (Wildman–Crippen MR) is 112 cm³/mol. The van der Waals surface area contributed by atoms with E-state index in [0.29, 0.717) is 0 Å². The molecule has 1 aliphatic rings. The average Bonchev–Trinajstić information content (AvgIpc) is 2.72. The van der Waals surface area contributed by atoms with Gasteiger partial charge in [0.05, 0.1) is 11.6 Å². The largest absolute Gasteiger partial charge is 0.507 e. The topological polar surface area (TPSA) is 85.4 Å². The second-order valence-electron chi connectivity index (χ2n) is 8.38. The van der Waals surface area contributed by atoms with Crippen molar-refractivity contribution in [2.45, 2.75) is 50.4 Å². The molecular weight excluding hydrogens is 447 g/mol. The molecule has 0 saturated heterocycles. The molecule has 2 unspecified atom stereocenters. The number of anilines is 1. The fourth-order valence-corrected chi connectivity index (χ4v) is 4.63. The van der Waals surface area contributed by atoms with Crippen LogP contribution in [0.2, 0.25) is 0 Å². The number of phenolic OH excluding ortho intramolecular Hbond substituents is 1. The Morgan fingerprint density at radius 2 is 1.91 bits per heavy atom. The highest BCUT2D eigenvalue weighted by molar-refractivity contribution is 5.91. The average molecular weight is 468 g/mol. The predicted octanol–water partition coefficient (Wildman–Crippen LogP) is 5.16. The number of pyridine rings is 1. The van der Waals surface area contributed by atoms with E-state index >= 15 is 0 Å². The highest BCUT2D eigenvalue weighted by atomic mass is 19.4. The zero-order valence-electron chi connectivity index (χ0n) is 17.6. The van der Waals surface area contributed by atoms with E-state index in [1.165, 1.54) is 13.0 Å². The highest BCUT2D eigenvalue weighted by Gasteiger charge is 2.62. The van der Waals surface area contributed by atoms with Crippen molar-refractivity contribution in [2.75, 3.05) is 5.32 Å². The van der Waals surface area contributed by atoms with Crippen LogP contribution < -0.4 is 10.9 Å². The van der Waals surface area contributed by atoms with Gasteiger partial charge >= 0.3 is 6.18 Å². The first-order chi connectivity index (χ1) is 15.4. The Kier molecular flexibility index (Phi) is 5.39. The summed E-state index contributed by atoms with van der Waals surface area (Å²) in [5, 5.41) is 24.3. The van der Waals surface area contributed by atoms with E-state index in [4.69, 9.17) is 0 Å². The second kappa shape index (κ2) is 7.72. The molecule has 1 aliphatic carbocycles. The fourth-order valence-electron chi connectivity index (χ4n) is 4.63. The third-order valence-corrected chi connectivity index (χ3v) is 6.40. The maximum absolute atomic E-state index is 14.6.